The van der Waals surface area contributed by atoms with Crippen LogP contribution >= 0.6 is 27.3 Å². The van der Waals surface area contributed by atoms with E-state index in [9.17, 15) is 4.39 Å². The molecule has 2 aromatic rings. The number of fused-ring (bicyclic) bond motifs is 1. The Kier molecular flexibility index (Phi) is 2.53. The van der Waals surface area contributed by atoms with Gasteiger partial charge in [0.2, 0.25) is 0 Å². The normalized spacial score (nSPS) is 10.4. The third-order valence-corrected chi connectivity index (χ3v) is 3.56. The molecule has 0 spiro atoms. The van der Waals surface area contributed by atoms with Gasteiger partial charge in [0, 0.05) is 16.3 Å². The molecule has 1 nitrogen and oxygen atoms in total. The first-order chi connectivity index (χ1) is 6.77. The van der Waals surface area contributed by atoms with E-state index in [2.05, 4.69) is 15.9 Å². The SMILES string of the molecule is N#Cc1cc(F)c(CBr)c2ccsc12. The molecule has 0 radical (unpaired) electrons. The molecule has 0 aliphatic rings. The van der Waals surface area contributed by atoms with Gasteiger partial charge in [0.25, 0.3) is 0 Å². The maximum Gasteiger partial charge on any atom is 0.129 e. The van der Waals surface area contributed by atoms with Gasteiger partial charge in [0.15, 0.2) is 0 Å². The standard InChI is InChI=1S/C10H5BrFNS/c11-4-8-7-1-2-14-10(7)6(5-13)3-9(8)12/h1-3H,4H2. The zero-order valence-corrected chi connectivity index (χ0v) is 9.45. The number of hydrogen-bond donors (Lipinski definition) is 0. The fraction of sp³-hybridized carbons (Fsp3) is 0.100. The summed E-state index contributed by atoms with van der Waals surface area (Å²) in [4.78, 5) is 0. The van der Waals surface area contributed by atoms with Crippen LogP contribution in [0.2, 0.25) is 0 Å². The molecular weight excluding hydrogens is 265 g/mol. The minimum absolute atomic E-state index is 0.315. The fourth-order valence-corrected chi connectivity index (χ4v) is 2.84. The van der Waals surface area contributed by atoms with Gasteiger partial charge in [-0.1, -0.05) is 15.9 Å². The summed E-state index contributed by atoms with van der Waals surface area (Å²) in [6.45, 7) is 0. The van der Waals surface area contributed by atoms with E-state index in [0.29, 0.717) is 16.5 Å². The molecule has 0 unspecified atom stereocenters. The second kappa shape index (κ2) is 3.68. The van der Waals surface area contributed by atoms with Gasteiger partial charge in [0.1, 0.15) is 11.9 Å². The van der Waals surface area contributed by atoms with E-state index < -0.39 is 0 Å². The third-order valence-electron chi connectivity index (χ3n) is 2.05. The minimum Gasteiger partial charge on any atom is -0.207 e. The lowest BCUT2D eigenvalue weighted by molar-refractivity contribution is 0.620. The van der Waals surface area contributed by atoms with Crippen LogP contribution < -0.4 is 0 Å². The van der Waals surface area contributed by atoms with Crippen LogP contribution in [0.1, 0.15) is 11.1 Å². The van der Waals surface area contributed by atoms with Gasteiger partial charge < -0.3 is 0 Å². The summed E-state index contributed by atoms with van der Waals surface area (Å²) in [5.41, 5.74) is 1.04. The molecule has 0 N–H and O–H groups in total. The molecule has 14 heavy (non-hydrogen) atoms. The van der Waals surface area contributed by atoms with Crippen molar-refractivity contribution in [2.24, 2.45) is 0 Å². The summed E-state index contributed by atoms with van der Waals surface area (Å²) in [6, 6.07) is 5.15. The van der Waals surface area contributed by atoms with Crippen LogP contribution in [0.3, 0.4) is 0 Å². The first-order valence-electron chi connectivity index (χ1n) is 3.92. The molecule has 1 heterocycles. The van der Waals surface area contributed by atoms with Crippen molar-refractivity contribution in [1.82, 2.24) is 0 Å². The quantitative estimate of drug-likeness (QED) is 0.723. The molecule has 2 rings (SSSR count). The maximum absolute atomic E-state index is 13.5. The van der Waals surface area contributed by atoms with Crippen molar-refractivity contribution < 1.29 is 4.39 Å². The van der Waals surface area contributed by atoms with Crippen molar-refractivity contribution in [3.8, 4) is 6.07 Å². The van der Waals surface area contributed by atoms with Crippen molar-refractivity contribution in [3.05, 3.63) is 34.5 Å². The highest BCUT2D eigenvalue weighted by atomic mass is 79.9. The first-order valence-corrected chi connectivity index (χ1v) is 5.92. The second-order valence-corrected chi connectivity index (χ2v) is 4.27. The van der Waals surface area contributed by atoms with Crippen LogP contribution in [0.25, 0.3) is 10.1 Å². The van der Waals surface area contributed by atoms with E-state index >= 15 is 0 Å². The second-order valence-electron chi connectivity index (χ2n) is 2.79. The number of alkyl halides is 1. The van der Waals surface area contributed by atoms with Gasteiger partial charge in [-0.2, -0.15) is 5.26 Å². The van der Waals surface area contributed by atoms with Crippen LogP contribution in [-0.4, -0.2) is 0 Å². The summed E-state index contributed by atoms with van der Waals surface area (Å²) in [5, 5.41) is 12.0. The van der Waals surface area contributed by atoms with E-state index in [1.807, 2.05) is 17.5 Å². The molecule has 0 aliphatic carbocycles. The van der Waals surface area contributed by atoms with Gasteiger partial charge in [0.05, 0.1) is 10.3 Å². The Morgan fingerprint density at radius 2 is 2.36 bits per heavy atom. The van der Waals surface area contributed by atoms with E-state index in [0.717, 1.165) is 10.1 Å². The van der Waals surface area contributed by atoms with Crippen LogP contribution in [0.4, 0.5) is 4.39 Å². The zero-order chi connectivity index (χ0) is 10.1. The lowest BCUT2D eigenvalue weighted by atomic mass is 10.1. The van der Waals surface area contributed by atoms with Gasteiger partial charge in [-0.3, -0.25) is 0 Å². The molecule has 0 amide bonds. The molecule has 4 heteroatoms. The number of halogens is 2. The summed E-state index contributed by atoms with van der Waals surface area (Å²) >= 11 is 4.71. The summed E-state index contributed by atoms with van der Waals surface area (Å²) in [6.07, 6.45) is 0. The minimum atomic E-state index is -0.315. The van der Waals surface area contributed by atoms with Crippen LogP contribution in [0.15, 0.2) is 17.5 Å². The van der Waals surface area contributed by atoms with E-state index in [1.54, 1.807) is 0 Å². The highest BCUT2D eigenvalue weighted by Gasteiger charge is 2.11. The van der Waals surface area contributed by atoms with Crippen LogP contribution in [0.5, 0.6) is 0 Å². The molecular formula is C10H5BrFNS. The highest BCUT2D eigenvalue weighted by molar-refractivity contribution is 9.08. The maximum atomic E-state index is 13.5. The van der Waals surface area contributed by atoms with Gasteiger partial charge >= 0.3 is 0 Å². The first kappa shape index (κ1) is 9.63. The monoisotopic (exact) mass is 269 g/mol. The smallest absolute Gasteiger partial charge is 0.129 e. The number of hydrogen-bond acceptors (Lipinski definition) is 2. The molecule has 0 saturated heterocycles. The molecule has 1 aromatic heterocycles. The Bertz CT molecular complexity index is 527. The third kappa shape index (κ3) is 1.33. The zero-order valence-electron chi connectivity index (χ0n) is 7.05. The summed E-state index contributed by atoms with van der Waals surface area (Å²) in [5.74, 6) is -0.315. The van der Waals surface area contributed by atoms with Crippen molar-refractivity contribution >= 4 is 37.4 Å². The molecule has 0 saturated carbocycles. The van der Waals surface area contributed by atoms with Crippen molar-refractivity contribution in [1.29, 1.82) is 5.26 Å². The van der Waals surface area contributed by atoms with Crippen molar-refractivity contribution in [3.63, 3.8) is 0 Å². The largest absolute Gasteiger partial charge is 0.207 e. The topological polar surface area (TPSA) is 23.8 Å². The highest BCUT2D eigenvalue weighted by Crippen LogP contribution is 2.30. The Labute approximate surface area is 92.9 Å². The van der Waals surface area contributed by atoms with Gasteiger partial charge in [-0.05, 0) is 17.5 Å². The average Bonchev–Trinajstić information content (AvgIpc) is 2.65. The molecule has 0 bridgehead atoms. The Morgan fingerprint density at radius 3 is 3.00 bits per heavy atom. The lowest BCUT2D eigenvalue weighted by Crippen LogP contribution is -1.89. The molecule has 0 fully saturated rings. The van der Waals surface area contributed by atoms with E-state index in [1.165, 1.54) is 17.4 Å². The van der Waals surface area contributed by atoms with E-state index in [4.69, 9.17) is 5.26 Å². The predicted molar refractivity (Wildman–Crippen MR) is 59.1 cm³/mol. The van der Waals surface area contributed by atoms with Gasteiger partial charge in [-0.25, -0.2) is 4.39 Å². The number of benzene rings is 1. The van der Waals surface area contributed by atoms with Gasteiger partial charge in [-0.15, -0.1) is 11.3 Å². The Hall–Kier alpha value is -0.920. The Balaban J connectivity index is 2.90. The molecule has 1 aromatic carbocycles. The summed E-state index contributed by atoms with van der Waals surface area (Å²) < 4.78 is 14.3. The molecule has 0 atom stereocenters. The van der Waals surface area contributed by atoms with Crippen molar-refractivity contribution in [2.45, 2.75) is 5.33 Å². The Morgan fingerprint density at radius 1 is 1.57 bits per heavy atom. The number of rotatable bonds is 1. The fourth-order valence-electron chi connectivity index (χ4n) is 1.38. The van der Waals surface area contributed by atoms with Crippen molar-refractivity contribution in [2.75, 3.05) is 0 Å². The van der Waals surface area contributed by atoms with E-state index in [-0.39, 0.29) is 5.82 Å². The molecule has 0 aliphatic heterocycles. The molecule has 70 valence electrons. The lowest BCUT2D eigenvalue weighted by Gasteiger charge is -2.02. The van der Waals surface area contributed by atoms with Crippen LogP contribution in [0, 0.1) is 17.1 Å². The number of nitriles is 1. The summed E-state index contributed by atoms with van der Waals surface area (Å²) in [7, 11) is 0. The number of nitrogens with zero attached hydrogens (tertiary/aromatic N) is 1. The van der Waals surface area contributed by atoms with Crippen LogP contribution in [-0.2, 0) is 5.33 Å². The predicted octanol–water partition coefficient (Wildman–Crippen LogP) is 3.81. The average molecular weight is 270 g/mol. The number of thiophene rings is 1.